The molecule has 1 amide bonds. The van der Waals surface area contributed by atoms with E-state index in [9.17, 15) is 18.0 Å². The fourth-order valence-electron chi connectivity index (χ4n) is 2.52. The number of hydrogen-bond acceptors (Lipinski definition) is 2. The Morgan fingerprint density at radius 2 is 1.77 bits per heavy atom. The molecule has 6 heteroatoms. The van der Waals surface area contributed by atoms with Crippen LogP contribution < -0.4 is 5.32 Å². The van der Waals surface area contributed by atoms with Gasteiger partial charge in [-0.3, -0.25) is 4.79 Å². The van der Waals surface area contributed by atoms with E-state index in [1.54, 1.807) is 0 Å². The van der Waals surface area contributed by atoms with Gasteiger partial charge in [-0.05, 0) is 55.3 Å². The van der Waals surface area contributed by atoms with Gasteiger partial charge in [0.1, 0.15) is 5.76 Å². The van der Waals surface area contributed by atoms with Gasteiger partial charge in [-0.1, -0.05) is 24.3 Å². The number of furan rings is 1. The lowest BCUT2D eigenvalue weighted by Gasteiger charge is -2.08. The van der Waals surface area contributed by atoms with Crippen molar-refractivity contribution in [3.63, 3.8) is 0 Å². The summed E-state index contributed by atoms with van der Waals surface area (Å²) in [5, 5.41) is 2.76. The van der Waals surface area contributed by atoms with Crippen LogP contribution in [0.3, 0.4) is 0 Å². The lowest BCUT2D eigenvalue weighted by Crippen LogP contribution is -2.11. The molecular weight excluding hydrogens is 343 g/mol. The predicted octanol–water partition coefficient (Wildman–Crippen LogP) is 5.83. The fourth-order valence-corrected chi connectivity index (χ4v) is 2.52. The van der Waals surface area contributed by atoms with Gasteiger partial charge >= 0.3 is 6.18 Å². The minimum atomic E-state index is -4.44. The number of benzene rings is 2. The number of carbonyl (C=O) groups is 1. The van der Waals surface area contributed by atoms with Crippen LogP contribution in [0.1, 0.15) is 27.2 Å². The number of halogens is 3. The molecule has 0 spiro atoms. The van der Waals surface area contributed by atoms with Crippen LogP contribution in [0.5, 0.6) is 0 Å². The van der Waals surface area contributed by atoms with Gasteiger partial charge in [-0.25, -0.2) is 0 Å². The minimum Gasteiger partial charge on any atom is -0.451 e. The average Bonchev–Trinajstić information content (AvgIpc) is 3.08. The number of hydrogen-bond donors (Lipinski definition) is 1. The molecule has 0 bridgehead atoms. The second kappa shape index (κ2) is 6.71. The Bertz CT molecular complexity index is 958. The molecule has 0 aliphatic rings. The van der Waals surface area contributed by atoms with Crippen LogP contribution in [0.15, 0.2) is 59.0 Å². The number of carbonyl (C=O) groups excluding carboxylic acids is 1. The normalized spacial score (nSPS) is 11.4. The van der Waals surface area contributed by atoms with Crippen molar-refractivity contribution < 1.29 is 22.4 Å². The lowest BCUT2D eigenvalue weighted by atomic mass is 10.1. The summed E-state index contributed by atoms with van der Waals surface area (Å²) in [6, 6.07) is 13.4. The first-order valence-corrected chi connectivity index (χ1v) is 7.90. The van der Waals surface area contributed by atoms with Crippen LogP contribution in [0.2, 0.25) is 0 Å². The highest BCUT2D eigenvalue weighted by Crippen LogP contribution is 2.32. The molecule has 0 fully saturated rings. The van der Waals surface area contributed by atoms with Gasteiger partial charge in [-0.2, -0.15) is 13.2 Å². The van der Waals surface area contributed by atoms with E-state index in [-0.39, 0.29) is 17.1 Å². The topological polar surface area (TPSA) is 42.2 Å². The Morgan fingerprint density at radius 3 is 2.50 bits per heavy atom. The maximum absolute atomic E-state index is 12.8. The molecule has 2 aromatic carbocycles. The van der Waals surface area contributed by atoms with Crippen molar-refractivity contribution in [1.29, 1.82) is 0 Å². The molecule has 0 unspecified atom stereocenters. The Kier molecular flexibility index (Phi) is 4.59. The van der Waals surface area contributed by atoms with E-state index in [4.69, 9.17) is 4.42 Å². The smallest absolute Gasteiger partial charge is 0.416 e. The van der Waals surface area contributed by atoms with Crippen LogP contribution >= 0.6 is 0 Å². The van der Waals surface area contributed by atoms with E-state index >= 15 is 0 Å². The molecule has 3 nitrogen and oxygen atoms in total. The quantitative estimate of drug-likeness (QED) is 0.639. The third-order valence-electron chi connectivity index (χ3n) is 3.95. The highest BCUT2D eigenvalue weighted by Gasteiger charge is 2.30. The number of nitrogens with one attached hydrogen (secondary N) is 1. The number of anilines is 1. The monoisotopic (exact) mass is 359 g/mol. The Labute approximate surface area is 148 Å². The van der Waals surface area contributed by atoms with Gasteiger partial charge in [0.25, 0.3) is 5.91 Å². The maximum Gasteiger partial charge on any atom is 0.416 e. The summed E-state index contributed by atoms with van der Waals surface area (Å²) in [4.78, 5) is 12.4. The third-order valence-corrected chi connectivity index (χ3v) is 3.95. The highest BCUT2D eigenvalue weighted by molar-refractivity contribution is 6.03. The van der Waals surface area contributed by atoms with Crippen molar-refractivity contribution in [3.8, 4) is 11.3 Å². The summed E-state index contributed by atoms with van der Waals surface area (Å²) in [6.45, 7) is 3.78. The van der Waals surface area contributed by atoms with E-state index in [0.29, 0.717) is 5.69 Å². The van der Waals surface area contributed by atoms with Crippen molar-refractivity contribution in [3.05, 3.63) is 77.0 Å². The predicted molar refractivity (Wildman–Crippen MR) is 93.0 cm³/mol. The number of amides is 1. The zero-order chi connectivity index (χ0) is 18.9. The van der Waals surface area contributed by atoms with E-state index in [1.165, 1.54) is 24.3 Å². The SMILES string of the molecule is Cc1ccc(C)c(NC(=O)c2ccc(-c3cccc(C(F)(F)F)c3)o2)c1. The molecule has 1 heterocycles. The number of alkyl halides is 3. The lowest BCUT2D eigenvalue weighted by molar-refractivity contribution is -0.137. The van der Waals surface area contributed by atoms with Crippen LogP contribution in [0.4, 0.5) is 18.9 Å². The molecule has 1 aromatic heterocycles. The summed E-state index contributed by atoms with van der Waals surface area (Å²) in [6.07, 6.45) is -4.44. The van der Waals surface area contributed by atoms with Gasteiger partial charge in [-0.15, -0.1) is 0 Å². The van der Waals surface area contributed by atoms with Gasteiger partial charge in [0, 0.05) is 11.3 Å². The number of aryl methyl sites for hydroxylation is 2. The largest absolute Gasteiger partial charge is 0.451 e. The molecule has 1 N–H and O–H groups in total. The second-order valence-corrected chi connectivity index (χ2v) is 6.01. The zero-order valence-corrected chi connectivity index (χ0v) is 14.1. The first-order chi connectivity index (χ1) is 12.2. The Morgan fingerprint density at radius 1 is 1.00 bits per heavy atom. The maximum atomic E-state index is 12.8. The summed E-state index contributed by atoms with van der Waals surface area (Å²) >= 11 is 0. The first kappa shape index (κ1) is 17.8. The van der Waals surface area contributed by atoms with Crippen LogP contribution in [-0.4, -0.2) is 5.91 Å². The third kappa shape index (κ3) is 3.79. The van der Waals surface area contributed by atoms with Crippen molar-refractivity contribution in [2.24, 2.45) is 0 Å². The molecule has 0 saturated carbocycles. The van der Waals surface area contributed by atoms with Crippen LogP contribution in [0, 0.1) is 13.8 Å². The molecule has 0 aliphatic carbocycles. The molecule has 0 atom stereocenters. The van der Waals surface area contributed by atoms with Crippen LogP contribution in [0.25, 0.3) is 11.3 Å². The molecule has 0 saturated heterocycles. The van der Waals surface area contributed by atoms with Gasteiger partial charge in [0.05, 0.1) is 5.56 Å². The number of rotatable bonds is 3. The van der Waals surface area contributed by atoms with Gasteiger partial charge in [0.2, 0.25) is 0 Å². The molecule has 0 aliphatic heterocycles. The summed E-state index contributed by atoms with van der Waals surface area (Å²) in [5.41, 5.74) is 2.04. The summed E-state index contributed by atoms with van der Waals surface area (Å²) in [7, 11) is 0. The second-order valence-electron chi connectivity index (χ2n) is 6.01. The minimum absolute atomic E-state index is 0.0262. The van der Waals surface area contributed by atoms with Crippen molar-refractivity contribution in [2.45, 2.75) is 20.0 Å². The Balaban J connectivity index is 1.84. The molecule has 3 aromatic rings. The van der Waals surface area contributed by atoms with E-state index in [1.807, 2.05) is 32.0 Å². The zero-order valence-electron chi connectivity index (χ0n) is 14.1. The van der Waals surface area contributed by atoms with Crippen LogP contribution in [-0.2, 0) is 6.18 Å². The van der Waals surface area contributed by atoms with Gasteiger partial charge < -0.3 is 9.73 Å². The van der Waals surface area contributed by atoms with E-state index in [0.717, 1.165) is 23.3 Å². The highest BCUT2D eigenvalue weighted by atomic mass is 19.4. The molecule has 134 valence electrons. The molecule has 26 heavy (non-hydrogen) atoms. The molecule has 0 radical (unpaired) electrons. The van der Waals surface area contributed by atoms with Crippen molar-refractivity contribution >= 4 is 11.6 Å². The fraction of sp³-hybridized carbons (Fsp3) is 0.150. The Hall–Kier alpha value is -3.02. The summed E-state index contributed by atoms with van der Waals surface area (Å²) in [5.74, 6) is -0.238. The first-order valence-electron chi connectivity index (χ1n) is 7.90. The molecular formula is C20H16F3NO2. The van der Waals surface area contributed by atoms with Gasteiger partial charge in [0.15, 0.2) is 5.76 Å². The standard InChI is InChI=1S/C20H16F3NO2/c1-12-6-7-13(2)16(10-12)24-19(25)18-9-8-17(26-18)14-4-3-5-15(11-14)20(21,22)23/h3-11H,1-2H3,(H,24,25). The van der Waals surface area contributed by atoms with Crippen molar-refractivity contribution in [2.75, 3.05) is 5.32 Å². The van der Waals surface area contributed by atoms with Crippen molar-refractivity contribution in [1.82, 2.24) is 0 Å². The average molecular weight is 359 g/mol. The van der Waals surface area contributed by atoms with E-state index < -0.39 is 17.6 Å². The molecule has 3 rings (SSSR count). The van der Waals surface area contributed by atoms with E-state index in [2.05, 4.69) is 5.32 Å². The summed E-state index contributed by atoms with van der Waals surface area (Å²) < 4.78 is 44.0.